The van der Waals surface area contributed by atoms with E-state index in [1.54, 1.807) is 18.5 Å². The molecule has 1 N–H and O–H groups in total. The number of carbonyl (C=O) groups excluding carboxylic acids is 1. The molecule has 112 valence electrons. The average Bonchev–Trinajstić information content (AvgIpc) is 3.18. The minimum absolute atomic E-state index is 0.109. The number of rotatable bonds is 5. The number of amides is 1. The summed E-state index contributed by atoms with van der Waals surface area (Å²) in [6.45, 7) is 3.11. The molecule has 0 saturated carbocycles. The molecular weight excluding hydrogens is 278 g/mol. The third-order valence-electron chi connectivity index (χ3n) is 3.50. The Morgan fingerprint density at radius 2 is 2.09 bits per heavy atom. The number of hydrogen-bond acceptors (Lipinski definition) is 3. The predicted molar refractivity (Wildman–Crippen MR) is 82.4 cm³/mol. The average molecular weight is 295 g/mol. The van der Waals surface area contributed by atoms with Crippen LogP contribution in [0.1, 0.15) is 27.5 Å². The number of nitrogens with one attached hydrogen (secondary N) is 1. The summed E-state index contributed by atoms with van der Waals surface area (Å²) in [5.41, 5.74) is 1.77. The monoisotopic (exact) mass is 295 g/mol. The minimum atomic E-state index is -0.109. The van der Waals surface area contributed by atoms with Crippen molar-refractivity contribution in [2.24, 2.45) is 0 Å². The van der Waals surface area contributed by atoms with Gasteiger partial charge >= 0.3 is 0 Å². The lowest BCUT2D eigenvalue weighted by Gasteiger charge is -2.07. The van der Waals surface area contributed by atoms with Gasteiger partial charge in [0.1, 0.15) is 11.6 Å². The van der Waals surface area contributed by atoms with E-state index in [-0.39, 0.29) is 5.91 Å². The van der Waals surface area contributed by atoms with E-state index in [9.17, 15) is 4.79 Å². The van der Waals surface area contributed by atoms with E-state index in [0.717, 1.165) is 23.7 Å². The van der Waals surface area contributed by atoms with Crippen molar-refractivity contribution in [1.82, 2.24) is 14.9 Å². The predicted octanol–water partition coefficient (Wildman–Crippen LogP) is 2.76. The summed E-state index contributed by atoms with van der Waals surface area (Å²) in [7, 11) is 0. The Kier molecular flexibility index (Phi) is 4.05. The quantitative estimate of drug-likeness (QED) is 0.787. The lowest BCUT2D eigenvalue weighted by Crippen LogP contribution is -2.22. The molecule has 0 atom stereocenters. The van der Waals surface area contributed by atoms with Crippen molar-refractivity contribution < 1.29 is 9.21 Å². The molecule has 2 aromatic heterocycles. The van der Waals surface area contributed by atoms with Gasteiger partial charge in [0.2, 0.25) is 0 Å². The molecule has 0 saturated heterocycles. The van der Waals surface area contributed by atoms with Crippen LogP contribution < -0.4 is 5.32 Å². The highest BCUT2D eigenvalue weighted by atomic mass is 16.3. The Morgan fingerprint density at radius 1 is 1.27 bits per heavy atom. The van der Waals surface area contributed by atoms with E-state index in [1.165, 1.54) is 0 Å². The number of carbonyl (C=O) groups is 1. The molecule has 1 amide bonds. The van der Waals surface area contributed by atoms with Crippen LogP contribution in [0.2, 0.25) is 0 Å². The fraction of sp³-hybridized carbons (Fsp3) is 0.176. The van der Waals surface area contributed by atoms with Gasteiger partial charge in [-0.1, -0.05) is 12.1 Å². The molecule has 0 unspecified atom stereocenters. The molecule has 22 heavy (non-hydrogen) atoms. The second kappa shape index (κ2) is 6.30. The molecule has 0 aliphatic heterocycles. The molecule has 3 rings (SSSR count). The molecule has 0 radical (unpaired) electrons. The molecule has 2 heterocycles. The van der Waals surface area contributed by atoms with Gasteiger partial charge in [0.05, 0.1) is 12.8 Å². The highest BCUT2D eigenvalue weighted by Crippen LogP contribution is 2.08. The van der Waals surface area contributed by atoms with Crippen LogP contribution in [0.4, 0.5) is 0 Å². The fourth-order valence-corrected chi connectivity index (χ4v) is 2.21. The molecule has 5 heteroatoms. The van der Waals surface area contributed by atoms with E-state index in [1.807, 2.05) is 43.5 Å². The summed E-state index contributed by atoms with van der Waals surface area (Å²) in [5, 5.41) is 2.83. The van der Waals surface area contributed by atoms with Crippen molar-refractivity contribution in [3.63, 3.8) is 0 Å². The molecule has 0 spiro atoms. The van der Waals surface area contributed by atoms with Gasteiger partial charge < -0.3 is 14.3 Å². The molecule has 0 aliphatic rings. The third-order valence-corrected chi connectivity index (χ3v) is 3.50. The zero-order valence-corrected chi connectivity index (χ0v) is 12.3. The molecule has 0 fully saturated rings. The van der Waals surface area contributed by atoms with Crippen LogP contribution in [0.25, 0.3) is 0 Å². The molecule has 0 bridgehead atoms. The maximum atomic E-state index is 12.1. The zero-order valence-electron chi connectivity index (χ0n) is 12.3. The number of imidazole rings is 1. The van der Waals surface area contributed by atoms with Gasteiger partial charge in [0, 0.05) is 24.5 Å². The topological polar surface area (TPSA) is 60.1 Å². The number of hydrogen-bond donors (Lipinski definition) is 1. The van der Waals surface area contributed by atoms with E-state index >= 15 is 0 Å². The first-order valence-electron chi connectivity index (χ1n) is 7.09. The minimum Gasteiger partial charge on any atom is -0.467 e. The smallest absolute Gasteiger partial charge is 0.251 e. The highest BCUT2D eigenvalue weighted by Gasteiger charge is 2.06. The summed E-state index contributed by atoms with van der Waals surface area (Å²) >= 11 is 0. The molecule has 3 aromatic rings. The second-order valence-electron chi connectivity index (χ2n) is 5.06. The van der Waals surface area contributed by atoms with Crippen molar-refractivity contribution in [2.75, 3.05) is 0 Å². The van der Waals surface area contributed by atoms with Gasteiger partial charge in [-0.3, -0.25) is 4.79 Å². The molecule has 5 nitrogen and oxygen atoms in total. The normalized spacial score (nSPS) is 10.6. The Labute approximate surface area is 128 Å². The van der Waals surface area contributed by atoms with Crippen molar-refractivity contribution in [2.45, 2.75) is 20.0 Å². The number of benzene rings is 1. The Balaban J connectivity index is 1.61. The summed E-state index contributed by atoms with van der Waals surface area (Å²) in [6.07, 6.45) is 5.32. The Morgan fingerprint density at radius 3 is 2.73 bits per heavy atom. The van der Waals surface area contributed by atoms with Crippen LogP contribution in [-0.2, 0) is 13.1 Å². The number of nitrogens with zero attached hydrogens (tertiary/aromatic N) is 2. The van der Waals surface area contributed by atoms with E-state index in [4.69, 9.17) is 4.42 Å². The summed E-state index contributed by atoms with van der Waals surface area (Å²) in [6, 6.07) is 11.2. The number of furan rings is 1. The number of aromatic nitrogens is 2. The van der Waals surface area contributed by atoms with Crippen LogP contribution in [0.5, 0.6) is 0 Å². The maximum absolute atomic E-state index is 12.1. The van der Waals surface area contributed by atoms with E-state index in [2.05, 4.69) is 14.9 Å². The van der Waals surface area contributed by atoms with Crippen LogP contribution in [0.3, 0.4) is 0 Å². The van der Waals surface area contributed by atoms with Gasteiger partial charge in [0.15, 0.2) is 0 Å². The van der Waals surface area contributed by atoms with Crippen LogP contribution >= 0.6 is 0 Å². The van der Waals surface area contributed by atoms with Gasteiger partial charge in [-0.15, -0.1) is 0 Å². The van der Waals surface area contributed by atoms with E-state index in [0.29, 0.717) is 12.1 Å². The zero-order chi connectivity index (χ0) is 15.4. The van der Waals surface area contributed by atoms with Gasteiger partial charge in [0.25, 0.3) is 5.91 Å². The third kappa shape index (κ3) is 3.25. The summed E-state index contributed by atoms with van der Waals surface area (Å²) in [4.78, 5) is 16.3. The SMILES string of the molecule is Cc1nccn1Cc1ccc(C(=O)NCc2ccco2)cc1. The summed E-state index contributed by atoms with van der Waals surface area (Å²) in [5.74, 6) is 1.60. The first-order chi connectivity index (χ1) is 10.7. The first-order valence-corrected chi connectivity index (χ1v) is 7.09. The standard InChI is InChI=1S/C17H17N3O2/c1-13-18-8-9-20(13)12-14-4-6-15(7-5-14)17(21)19-11-16-3-2-10-22-16/h2-10H,11-12H2,1H3,(H,19,21). The maximum Gasteiger partial charge on any atom is 0.251 e. The lowest BCUT2D eigenvalue weighted by molar-refractivity contribution is 0.0948. The van der Waals surface area contributed by atoms with Crippen LogP contribution in [0, 0.1) is 6.92 Å². The molecule has 1 aromatic carbocycles. The van der Waals surface area contributed by atoms with Crippen molar-refractivity contribution in [3.05, 3.63) is 77.8 Å². The van der Waals surface area contributed by atoms with Crippen LogP contribution in [0.15, 0.2) is 59.5 Å². The van der Waals surface area contributed by atoms with Crippen LogP contribution in [-0.4, -0.2) is 15.5 Å². The second-order valence-corrected chi connectivity index (χ2v) is 5.06. The van der Waals surface area contributed by atoms with Crippen molar-refractivity contribution in [1.29, 1.82) is 0 Å². The lowest BCUT2D eigenvalue weighted by atomic mass is 10.1. The largest absolute Gasteiger partial charge is 0.467 e. The number of aryl methyl sites for hydroxylation is 1. The Hall–Kier alpha value is -2.82. The van der Waals surface area contributed by atoms with Crippen molar-refractivity contribution in [3.8, 4) is 0 Å². The first kappa shape index (κ1) is 14.1. The highest BCUT2D eigenvalue weighted by molar-refractivity contribution is 5.94. The summed E-state index contributed by atoms with van der Waals surface area (Å²) < 4.78 is 7.25. The van der Waals surface area contributed by atoms with Gasteiger partial charge in [-0.25, -0.2) is 4.98 Å². The molecule has 0 aliphatic carbocycles. The Bertz CT molecular complexity index is 743. The van der Waals surface area contributed by atoms with Gasteiger partial charge in [-0.2, -0.15) is 0 Å². The molecular formula is C17H17N3O2. The fourth-order valence-electron chi connectivity index (χ4n) is 2.21. The van der Waals surface area contributed by atoms with Crippen molar-refractivity contribution >= 4 is 5.91 Å². The van der Waals surface area contributed by atoms with E-state index < -0.39 is 0 Å². The van der Waals surface area contributed by atoms with Gasteiger partial charge in [-0.05, 0) is 36.8 Å².